The minimum Gasteiger partial charge on any atom is -0.467 e. The summed E-state index contributed by atoms with van der Waals surface area (Å²) >= 11 is 0. The van der Waals surface area contributed by atoms with Gasteiger partial charge in [-0.2, -0.15) is 5.10 Å². The molecule has 0 N–H and O–H groups in total. The number of likely N-dealkylation sites (tertiary alicyclic amines) is 1. The largest absolute Gasteiger partial charge is 0.467 e. The predicted molar refractivity (Wildman–Crippen MR) is 146 cm³/mol. The number of allylic oxidation sites excluding steroid dienone is 1. The maximum atomic E-state index is 13.4. The summed E-state index contributed by atoms with van der Waals surface area (Å²) in [6, 6.07) is 16.8. The molecule has 2 fully saturated rings. The molecular weight excluding hydrogens is 510 g/mol. The molecule has 1 saturated carbocycles. The zero-order valence-corrected chi connectivity index (χ0v) is 22.1. The lowest BCUT2D eigenvalue weighted by Gasteiger charge is -2.27. The van der Waals surface area contributed by atoms with Gasteiger partial charge in [-0.05, 0) is 67.2 Å². The SMILES string of the molecule is O=C(OCC(=O)N1N=C2/C(=C/c3ccco3)CCCC2C1c1ccco1)C1CC(=O)N(CCc2ccccc2)C1. The second-order valence-corrected chi connectivity index (χ2v) is 10.5. The van der Waals surface area contributed by atoms with Crippen molar-refractivity contribution >= 4 is 29.6 Å². The summed E-state index contributed by atoms with van der Waals surface area (Å²) in [4.78, 5) is 40.5. The van der Waals surface area contributed by atoms with E-state index in [1.165, 1.54) is 5.01 Å². The van der Waals surface area contributed by atoms with E-state index >= 15 is 0 Å². The van der Waals surface area contributed by atoms with Crippen molar-refractivity contribution < 1.29 is 28.0 Å². The molecule has 2 aromatic heterocycles. The van der Waals surface area contributed by atoms with Crippen molar-refractivity contribution in [2.45, 2.75) is 38.1 Å². The van der Waals surface area contributed by atoms with Crippen LogP contribution < -0.4 is 0 Å². The molecule has 1 saturated heterocycles. The summed E-state index contributed by atoms with van der Waals surface area (Å²) in [6.07, 6.45) is 8.61. The fraction of sp³-hybridized carbons (Fsp3) is 0.355. The van der Waals surface area contributed by atoms with E-state index < -0.39 is 30.4 Å². The molecule has 6 rings (SSSR count). The Morgan fingerprint density at radius 1 is 1.05 bits per heavy atom. The quantitative estimate of drug-likeness (QED) is 0.385. The van der Waals surface area contributed by atoms with Crippen LogP contribution in [0.3, 0.4) is 0 Å². The molecule has 1 aliphatic carbocycles. The summed E-state index contributed by atoms with van der Waals surface area (Å²) in [6.45, 7) is 0.380. The van der Waals surface area contributed by atoms with E-state index in [0.29, 0.717) is 25.3 Å². The highest BCUT2D eigenvalue weighted by atomic mass is 16.5. The second kappa shape index (κ2) is 11.4. The number of nitrogens with zero attached hydrogens (tertiary/aromatic N) is 3. The molecule has 40 heavy (non-hydrogen) atoms. The van der Waals surface area contributed by atoms with Crippen molar-refractivity contribution in [3.8, 4) is 0 Å². The lowest BCUT2D eigenvalue weighted by molar-refractivity contribution is -0.156. The van der Waals surface area contributed by atoms with Gasteiger partial charge < -0.3 is 18.5 Å². The number of benzene rings is 1. The zero-order chi connectivity index (χ0) is 27.5. The average molecular weight is 542 g/mol. The van der Waals surface area contributed by atoms with Crippen molar-refractivity contribution in [3.05, 3.63) is 89.8 Å². The van der Waals surface area contributed by atoms with Crippen molar-refractivity contribution in [3.63, 3.8) is 0 Å². The predicted octanol–water partition coefficient (Wildman–Crippen LogP) is 4.63. The van der Waals surface area contributed by atoms with Gasteiger partial charge in [0.1, 0.15) is 17.6 Å². The topological polar surface area (TPSA) is 106 Å². The van der Waals surface area contributed by atoms with Crippen LogP contribution in [0, 0.1) is 11.8 Å². The molecule has 9 heteroatoms. The molecule has 3 unspecified atom stereocenters. The van der Waals surface area contributed by atoms with Gasteiger partial charge in [0.15, 0.2) is 6.61 Å². The molecule has 0 bridgehead atoms. The van der Waals surface area contributed by atoms with E-state index in [1.54, 1.807) is 23.5 Å². The highest BCUT2D eigenvalue weighted by molar-refractivity contribution is 6.08. The first-order chi connectivity index (χ1) is 19.6. The first-order valence-electron chi connectivity index (χ1n) is 13.7. The lowest BCUT2D eigenvalue weighted by atomic mass is 9.79. The fourth-order valence-corrected chi connectivity index (χ4v) is 5.86. The Kier molecular flexibility index (Phi) is 7.35. The highest BCUT2D eigenvalue weighted by Crippen LogP contribution is 2.44. The number of fused-ring (bicyclic) bond motifs is 1. The molecular formula is C31H31N3O6. The Bertz CT molecular complexity index is 1410. The number of furan rings is 2. The summed E-state index contributed by atoms with van der Waals surface area (Å²) in [5.74, 6) is -0.305. The standard InChI is InChI=1S/C31H31N3O6/c35-27-18-23(19-33(27)14-13-21-7-2-1-3-8-21)31(37)40-20-28(36)34-30(26-12-6-16-39-26)25-11-4-9-22(29(25)32-34)17-24-10-5-15-38-24/h1-3,5-8,10,12,15-17,23,25,30H,4,9,11,13-14,18-20H2/b22-17+. The van der Waals surface area contributed by atoms with Crippen molar-refractivity contribution in [2.75, 3.05) is 19.7 Å². The summed E-state index contributed by atoms with van der Waals surface area (Å²) in [5, 5.41) is 6.14. The number of rotatable bonds is 8. The Morgan fingerprint density at radius 3 is 2.65 bits per heavy atom. The van der Waals surface area contributed by atoms with Crippen LogP contribution in [0.5, 0.6) is 0 Å². The van der Waals surface area contributed by atoms with E-state index in [-0.39, 0.29) is 18.2 Å². The third-order valence-electron chi connectivity index (χ3n) is 7.85. The number of hydrogen-bond acceptors (Lipinski definition) is 7. The minimum absolute atomic E-state index is 0.0357. The number of amides is 2. The van der Waals surface area contributed by atoms with Crippen LogP contribution >= 0.6 is 0 Å². The Hall–Kier alpha value is -4.40. The van der Waals surface area contributed by atoms with E-state index in [9.17, 15) is 14.4 Å². The van der Waals surface area contributed by atoms with Gasteiger partial charge in [-0.3, -0.25) is 14.4 Å². The molecule has 9 nitrogen and oxygen atoms in total. The van der Waals surface area contributed by atoms with E-state index in [0.717, 1.165) is 41.9 Å². The smallest absolute Gasteiger partial charge is 0.311 e. The van der Waals surface area contributed by atoms with E-state index in [4.69, 9.17) is 18.7 Å². The summed E-state index contributed by atoms with van der Waals surface area (Å²) in [7, 11) is 0. The van der Waals surface area contributed by atoms with Crippen molar-refractivity contribution in [2.24, 2.45) is 16.9 Å². The second-order valence-electron chi connectivity index (χ2n) is 10.5. The molecule has 0 spiro atoms. The van der Waals surface area contributed by atoms with Gasteiger partial charge >= 0.3 is 5.97 Å². The number of ether oxygens (including phenoxy) is 1. The third-order valence-corrected chi connectivity index (χ3v) is 7.85. The van der Waals surface area contributed by atoms with Crippen LogP contribution in [0.2, 0.25) is 0 Å². The van der Waals surface area contributed by atoms with Gasteiger partial charge in [0.2, 0.25) is 5.91 Å². The first-order valence-corrected chi connectivity index (χ1v) is 13.7. The van der Waals surface area contributed by atoms with Gasteiger partial charge in [0.05, 0.1) is 24.2 Å². The number of carbonyl (C=O) groups is 3. The van der Waals surface area contributed by atoms with Crippen LogP contribution in [0.25, 0.3) is 6.08 Å². The zero-order valence-electron chi connectivity index (χ0n) is 22.1. The maximum absolute atomic E-state index is 13.4. The number of carbonyl (C=O) groups excluding carboxylic acids is 3. The number of hydrogen-bond donors (Lipinski definition) is 0. The van der Waals surface area contributed by atoms with Gasteiger partial charge in [0.25, 0.3) is 5.91 Å². The maximum Gasteiger partial charge on any atom is 0.311 e. The summed E-state index contributed by atoms with van der Waals surface area (Å²) < 4.78 is 16.7. The molecule has 2 amide bonds. The minimum atomic E-state index is -0.591. The molecule has 3 atom stereocenters. The number of esters is 1. The first kappa shape index (κ1) is 25.9. The Balaban J connectivity index is 1.11. The molecule has 4 heterocycles. The van der Waals surface area contributed by atoms with Crippen LogP contribution in [0.1, 0.15) is 48.8 Å². The van der Waals surface area contributed by atoms with Gasteiger partial charge in [0, 0.05) is 25.4 Å². The van der Waals surface area contributed by atoms with Gasteiger partial charge in [-0.25, -0.2) is 5.01 Å². The molecule has 3 aliphatic rings. The Morgan fingerprint density at radius 2 is 1.88 bits per heavy atom. The van der Waals surface area contributed by atoms with Crippen LogP contribution in [0.15, 0.2) is 86.6 Å². The van der Waals surface area contributed by atoms with Gasteiger partial charge in [-0.15, -0.1) is 0 Å². The monoisotopic (exact) mass is 541 g/mol. The Labute approximate surface area is 232 Å². The average Bonchev–Trinajstić information content (AvgIpc) is 3.78. The summed E-state index contributed by atoms with van der Waals surface area (Å²) in [5.41, 5.74) is 2.99. The van der Waals surface area contributed by atoms with Crippen LogP contribution in [0.4, 0.5) is 0 Å². The lowest BCUT2D eigenvalue weighted by Crippen LogP contribution is -2.35. The van der Waals surface area contributed by atoms with Crippen molar-refractivity contribution in [1.82, 2.24) is 9.91 Å². The van der Waals surface area contributed by atoms with E-state index in [1.807, 2.05) is 54.6 Å². The molecule has 0 radical (unpaired) electrons. The molecule has 206 valence electrons. The van der Waals surface area contributed by atoms with E-state index in [2.05, 4.69) is 0 Å². The van der Waals surface area contributed by atoms with Gasteiger partial charge in [-0.1, -0.05) is 30.3 Å². The molecule has 3 aromatic rings. The van der Waals surface area contributed by atoms with Crippen LogP contribution in [-0.2, 0) is 25.5 Å². The molecule has 2 aliphatic heterocycles. The third kappa shape index (κ3) is 5.36. The van der Waals surface area contributed by atoms with Crippen LogP contribution in [-0.4, -0.2) is 53.1 Å². The van der Waals surface area contributed by atoms with Crippen molar-refractivity contribution in [1.29, 1.82) is 0 Å². The highest BCUT2D eigenvalue weighted by Gasteiger charge is 2.45. The number of hydrazone groups is 1. The normalized spacial score (nSPS) is 23.4. The molecule has 1 aromatic carbocycles. The fourth-order valence-electron chi connectivity index (χ4n) is 5.86.